The molecule has 2 aromatic rings. The van der Waals surface area contributed by atoms with Gasteiger partial charge in [0.1, 0.15) is 25.3 Å². The van der Waals surface area contributed by atoms with Crippen LogP contribution in [0.15, 0.2) is 52.8 Å². The van der Waals surface area contributed by atoms with Crippen molar-refractivity contribution in [3.63, 3.8) is 0 Å². The fraction of sp³-hybridized carbons (Fsp3) is 0.556. The zero-order chi connectivity index (χ0) is 30.5. The van der Waals surface area contributed by atoms with Crippen LogP contribution in [-0.4, -0.2) is 19.1 Å². The van der Waals surface area contributed by atoms with E-state index < -0.39 is 0 Å². The molecule has 0 unspecified atom stereocenters. The Bertz CT molecular complexity index is 1350. The average molecular weight is 556 g/mol. The highest BCUT2D eigenvalue weighted by atomic mass is 16.5. The quantitative estimate of drug-likeness (QED) is 0.386. The number of nitriles is 1. The van der Waals surface area contributed by atoms with E-state index in [0.717, 1.165) is 11.1 Å². The predicted octanol–water partition coefficient (Wildman–Crippen LogP) is 8.44. The number of hydrogen-bond acceptors (Lipinski definition) is 5. The third-order valence-corrected chi connectivity index (χ3v) is 8.07. The standard InChI is InChI=1S/C36H49N3O2/c1-33(2,3)24-13-22(14-25(17-24)34(4,5)6)29-20-40-31(38-29)28(19-37)32-39-30(21-41-32)23-15-26(35(7,8)9)18-27(16-23)36(10,11)12/h13-18,29-30,38H,20-21H2,1-12H3/b31-28+/t29-,30-/m0/s1. The van der Waals surface area contributed by atoms with Gasteiger partial charge in [-0.2, -0.15) is 5.26 Å². The van der Waals surface area contributed by atoms with Gasteiger partial charge in [0.25, 0.3) is 0 Å². The molecule has 2 aromatic carbocycles. The molecule has 0 amide bonds. The molecule has 2 aliphatic rings. The summed E-state index contributed by atoms with van der Waals surface area (Å²) in [6.07, 6.45) is 0. The van der Waals surface area contributed by atoms with Crippen molar-refractivity contribution in [2.24, 2.45) is 4.99 Å². The average Bonchev–Trinajstić information content (AvgIpc) is 3.53. The molecule has 0 aromatic heterocycles. The lowest BCUT2D eigenvalue weighted by atomic mass is 9.79. The summed E-state index contributed by atoms with van der Waals surface area (Å²) in [5.41, 5.74) is 7.79. The van der Waals surface area contributed by atoms with Crippen LogP contribution in [0.5, 0.6) is 0 Å². The molecule has 0 saturated carbocycles. The molecule has 1 fully saturated rings. The summed E-state index contributed by atoms with van der Waals surface area (Å²) in [6.45, 7) is 27.7. The molecule has 0 spiro atoms. The Labute approximate surface area is 248 Å². The molecule has 0 aliphatic carbocycles. The molecule has 41 heavy (non-hydrogen) atoms. The summed E-state index contributed by atoms with van der Waals surface area (Å²) in [6, 6.07) is 15.7. The second-order valence-electron chi connectivity index (χ2n) is 15.8. The summed E-state index contributed by atoms with van der Waals surface area (Å²) in [4.78, 5) is 4.91. The Kier molecular flexibility index (Phi) is 7.89. The Morgan fingerprint density at radius 3 is 1.54 bits per heavy atom. The minimum absolute atomic E-state index is 0.00950. The highest BCUT2D eigenvalue weighted by Crippen LogP contribution is 2.37. The van der Waals surface area contributed by atoms with Crippen LogP contribution < -0.4 is 5.32 Å². The van der Waals surface area contributed by atoms with Crippen LogP contribution in [0.25, 0.3) is 0 Å². The predicted molar refractivity (Wildman–Crippen MR) is 168 cm³/mol. The molecular weight excluding hydrogens is 506 g/mol. The highest BCUT2D eigenvalue weighted by molar-refractivity contribution is 5.98. The molecule has 4 rings (SSSR count). The van der Waals surface area contributed by atoms with Crippen LogP contribution in [0.1, 0.15) is 129 Å². The first-order valence-corrected chi connectivity index (χ1v) is 14.8. The van der Waals surface area contributed by atoms with Crippen LogP contribution in [0.2, 0.25) is 0 Å². The summed E-state index contributed by atoms with van der Waals surface area (Å²) in [5.74, 6) is 0.784. The molecule has 2 atom stereocenters. The molecule has 5 nitrogen and oxygen atoms in total. The summed E-state index contributed by atoms with van der Waals surface area (Å²) in [5, 5.41) is 13.7. The Morgan fingerprint density at radius 2 is 1.12 bits per heavy atom. The number of nitrogens with one attached hydrogen (secondary N) is 1. The molecule has 5 heteroatoms. The number of benzene rings is 2. The fourth-order valence-electron chi connectivity index (χ4n) is 5.04. The van der Waals surface area contributed by atoms with Crippen molar-refractivity contribution >= 4 is 5.90 Å². The van der Waals surface area contributed by atoms with E-state index in [2.05, 4.69) is 131 Å². The van der Waals surface area contributed by atoms with Crippen molar-refractivity contribution in [3.8, 4) is 6.07 Å². The van der Waals surface area contributed by atoms with E-state index in [4.69, 9.17) is 14.5 Å². The van der Waals surface area contributed by atoms with E-state index in [1.54, 1.807) is 0 Å². The van der Waals surface area contributed by atoms with Gasteiger partial charge in [-0.1, -0.05) is 119 Å². The van der Waals surface area contributed by atoms with Gasteiger partial charge in [-0.25, -0.2) is 4.99 Å². The van der Waals surface area contributed by atoms with Gasteiger partial charge in [0.2, 0.25) is 11.8 Å². The maximum Gasteiger partial charge on any atom is 0.233 e. The lowest BCUT2D eigenvalue weighted by molar-refractivity contribution is 0.251. The van der Waals surface area contributed by atoms with E-state index >= 15 is 0 Å². The molecular formula is C36H49N3O2. The maximum absolute atomic E-state index is 10.2. The number of aliphatic imine (C=N–C) groups is 1. The topological polar surface area (TPSA) is 66.6 Å². The van der Waals surface area contributed by atoms with Crippen molar-refractivity contribution in [3.05, 3.63) is 81.2 Å². The van der Waals surface area contributed by atoms with Crippen LogP contribution in [0, 0.1) is 11.3 Å². The third kappa shape index (κ3) is 6.80. The van der Waals surface area contributed by atoms with E-state index in [9.17, 15) is 5.26 Å². The van der Waals surface area contributed by atoms with E-state index in [0.29, 0.717) is 30.6 Å². The normalized spacial score (nSPS) is 21.0. The van der Waals surface area contributed by atoms with Gasteiger partial charge in [0, 0.05) is 0 Å². The number of ether oxygens (including phenoxy) is 2. The molecule has 0 bridgehead atoms. The number of hydrogen-bond donors (Lipinski definition) is 1. The minimum atomic E-state index is -0.174. The lowest BCUT2D eigenvalue weighted by Crippen LogP contribution is -2.21. The van der Waals surface area contributed by atoms with Crippen molar-refractivity contribution < 1.29 is 9.47 Å². The molecule has 1 saturated heterocycles. The second kappa shape index (κ2) is 10.5. The first kappa shape index (κ1) is 30.7. The van der Waals surface area contributed by atoms with Crippen LogP contribution >= 0.6 is 0 Å². The number of nitrogens with zero attached hydrogens (tertiary/aromatic N) is 2. The monoisotopic (exact) mass is 555 g/mol. The van der Waals surface area contributed by atoms with Crippen molar-refractivity contribution in [2.45, 2.75) is 117 Å². The highest BCUT2D eigenvalue weighted by Gasteiger charge is 2.33. The molecule has 0 radical (unpaired) electrons. The lowest BCUT2D eigenvalue weighted by Gasteiger charge is -2.27. The second-order valence-corrected chi connectivity index (χ2v) is 15.8. The van der Waals surface area contributed by atoms with Crippen molar-refractivity contribution in [1.82, 2.24) is 5.32 Å². The van der Waals surface area contributed by atoms with Gasteiger partial charge in [-0.3, -0.25) is 0 Å². The van der Waals surface area contributed by atoms with Gasteiger partial charge in [0.15, 0.2) is 5.57 Å². The van der Waals surface area contributed by atoms with Gasteiger partial charge < -0.3 is 14.8 Å². The van der Waals surface area contributed by atoms with Crippen molar-refractivity contribution in [2.75, 3.05) is 13.2 Å². The van der Waals surface area contributed by atoms with Gasteiger partial charge in [-0.15, -0.1) is 0 Å². The van der Waals surface area contributed by atoms with Gasteiger partial charge in [-0.05, 0) is 55.0 Å². The Morgan fingerprint density at radius 1 is 0.683 bits per heavy atom. The maximum atomic E-state index is 10.2. The Balaban J connectivity index is 1.66. The van der Waals surface area contributed by atoms with Crippen LogP contribution in [-0.2, 0) is 31.1 Å². The molecule has 2 heterocycles. The van der Waals surface area contributed by atoms with Crippen LogP contribution in [0.3, 0.4) is 0 Å². The molecule has 220 valence electrons. The van der Waals surface area contributed by atoms with Crippen LogP contribution in [0.4, 0.5) is 0 Å². The SMILES string of the molecule is CC(C)(C)c1cc([C@@H]2COC(/C(C#N)=C3\N[C@H](c4cc(C(C)(C)C)cc(C(C)(C)C)c4)CO3)=N2)cc(C(C)(C)C)c1. The van der Waals surface area contributed by atoms with Gasteiger partial charge >= 0.3 is 0 Å². The largest absolute Gasteiger partial charge is 0.476 e. The van der Waals surface area contributed by atoms with Gasteiger partial charge in [0.05, 0.1) is 6.04 Å². The van der Waals surface area contributed by atoms with Crippen molar-refractivity contribution in [1.29, 1.82) is 5.26 Å². The summed E-state index contributed by atoms with van der Waals surface area (Å²) >= 11 is 0. The fourth-order valence-corrected chi connectivity index (χ4v) is 5.04. The third-order valence-electron chi connectivity index (χ3n) is 8.07. The van der Waals surface area contributed by atoms with E-state index in [1.165, 1.54) is 22.3 Å². The Hall–Kier alpha value is -3.26. The minimum Gasteiger partial charge on any atom is -0.476 e. The first-order chi connectivity index (χ1) is 18.8. The zero-order valence-electron chi connectivity index (χ0n) is 27.2. The summed E-state index contributed by atoms with van der Waals surface area (Å²) < 4.78 is 12.1. The summed E-state index contributed by atoms with van der Waals surface area (Å²) in [7, 11) is 0. The number of rotatable bonds is 3. The van der Waals surface area contributed by atoms with E-state index in [1.807, 2.05) is 0 Å². The zero-order valence-corrected chi connectivity index (χ0v) is 27.2. The first-order valence-electron chi connectivity index (χ1n) is 14.8. The smallest absolute Gasteiger partial charge is 0.233 e. The molecule has 1 N–H and O–H groups in total. The van der Waals surface area contributed by atoms with E-state index in [-0.39, 0.29) is 33.7 Å². The molecule has 2 aliphatic heterocycles.